The summed E-state index contributed by atoms with van der Waals surface area (Å²) in [6.45, 7) is -0.332. The zero-order chi connectivity index (χ0) is 13.1. The van der Waals surface area contributed by atoms with Gasteiger partial charge < -0.3 is 20.2 Å². The Morgan fingerprint density at radius 2 is 2.28 bits per heavy atom. The Morgan fingerprint density at radius 1 is 1.50 bits per heavy atom. The molecule has 5 N–H and O–H groups in total. The number of nitrogens with one attached hydrogen (secondary N) is 2. The van der Waals surface area contributed by atoms with Gasteiger partial charge in [0, 0.05) is 18.9 Å². The molecule has 0 aliphatic carbocycles. The van der Waals surface area contributed by atoms with Crippen LogP contribution in [0.5, 0.6) is 0 Å². The summed E-state index contributed by atoms with van der Waals surface area (Å²) in [6.07, 6.45) is 0.204. The molecule has 1 unspecified atom stereocenters. The fourth-order valence-electron chi connectivity index (χ4n) is 1.41. The van der Waals surface area contributed by atoms with Gasteiger partial charge in [0.05, 0.1) is 6.20 Å². The number of fused-ring (bicyclic) bond motifs is 1. The average Bonchev–Trinajstić information content (AvgIpc) is 2.83. The minimum absolute atomic E-state index is 0.259. The van der Waals surface area contributed by atoms with E-state index in [2.05, 4.69) is 20.7 Å². The number of hydrogen-bond donors (Lipinski definition) is 4. The predicted molar refractivity (Wildman–Crippen MR) is 61.3 cm³/mol. The topological polar surface area (TPSA) is 100 Å². The number of nitrogen functional groups attached to an aromatic ring is 1. The van der Waals surface area contributed by atoms with Crippen LogP contribution in [0.15, 0.2) is 18.6 Å². The fourth-order valence-corrected chi connectivity index (χ4v) is 1.41. The van der Waals surface area contributed by atoms with Crippen molar-refractivity contribution in [1.82, 2.24) is 14.4 Å². The first-order valence-corrected chi connectivity index (χ1v) is 5.12. The number of aromatic nitrogens is 3. The smallest absolute Gasteiger partial charge is 0.265 e. The molecule has 2 rings (SSSR count). The molecule has 9 heteroatoms. The van der Waals surface area contributed by atoms with Crippen LogP contribution in [0.1, 0.15) is 0 Å². The van der Waals surface area contributed by atoms with Crippen molar-refractivity contribution in [1.29, 1.82) is 0 Å². The second-order valence-electron chi connectivity index (χ2n) is 3.56. The molecular formula is C9H12F2N6O. The minimum Gasteiger partial charge on any atom is -0.385 e. The molecule has 0 saturated heterocycles. The second-order valence-corrected chi connectivity index (χ2v) is 3.56. The van der Waals surface area contributed by atoms with Gasteiger partial charge in [-0.1, -0.05) is 0 Å². The van der Waals surface area contributed by atoms with Gasteiger partial charge in [-0.05, 0) is 0 Å². The van der Waals surface area contributed by atoms with Gasteiger partial charge in [-0.3, -0.25) is 0 Å². The fraction of sp³-hybridized carbons (Fsp3) is 0.333. The van der Waals surface area contributed by atoms with Gasteiger partial charge in [-0.15, -0.1) is 0 Å². The average molecular weight is 258 g/mol. The number of aliphatic hydroxyl groups excluding tert-OH is 1. The van der Waals surface area contributed by atoms with Crippen molar-refractivity contribution in [2.75, 3.05) is 17.3 Å². The molecule has 18 heavy (non-hydrogen) atoms. The van der Waals surface area contributed by atoms with Crippen LogP contribution >= 0.6 is 0 Å². The van der Waals surface area contributed by atoms with Crippen LogP contribution in [-0.4, -0.2) is 38.5 Å². The third-order valence-electron chi connectivity index (χ3n) is 2.29. The highest BCUT2D eigenvalue weighted by atomic mass is 19.3. The first-order valence-electron chi connectivity index (χ1n) is 5.12. The zero-order valence-corrected chi connectivity index (χ0v) is 9.22. The Labute approximate surface area is 101 Å². The Bertz CT molecular complexity index is 531. The van der Waals surface area contributed by atoms with Crippen molar-refractivity contribution in [3.63, 3.8) is 0 Å². The number of imidazole rings is 1. The summed E-state index contributed by atoms with van der Waals surface area (Å²) in [5.74, 6) is 5.84. The number of halogens is 2. The van der Waals surface area contributed by atoms with Crippen LogP contribution in [0.25, 0.3) is 5.65 Å². The van der Waals surface area contributed by atoms with E-state index in [9.17, 15) is 8.78 Å². The highest BCUT2D eigenvalue weighted by Gasteiger charge is 2.17. The van der Waals surface area contributed by atoms with Crippen molar-refractivity contribution < 1.29 is 13.9 Å². The molecule has 2 heterocycles. The molecule has 98 valence electrons. The van der Waals surface area contributed by atoms with Gasteiger partial charge in [0.15, 0.2) is 17.3 Å². The Hall–Kier alpha value is -2.00. The van der Waals surface area contributed by atoms with Crippen molar-refractivity contribution >= 4 is 17.3 Å². The van der Waals surface area contributed by atoms with Crippen molar-refractivity contribution in [2.45, 2.75) is 12.5 Å². The van der Waals surface area contributed by atoms with Gasteiger partial charge in [-0.25, -0.2) is 24.6 Å². The normalized spacial score (nSPS) is 12.9. The monoisotopic (exact) mass is 258 g/mol. The summed E-state index contributed by atoms with van der Waals surface area (Å²) < 4.78 is 26.0. The number of alkyl halides is 2. The van der Waals surface area contributed by atoms with Gasteiger partial charge >= 0.3 is 0 Å². The standard InChI is InChI=1S/C9H12F2N6O/c10-7(11)5(18)3-14-8-9-13-1-2-17(9)4-6(15-8)16-12/h1-2,4-5,7,16,18H,3,12H2,(H,14,15). The summed E-state index contributed by atoms with van der Waals surface area (Å²) in [5.41, 5.74) is 2.80. The second kappa shape index (κ2) is 5.10. The predicted octanol–water partition coefficient (Wildman–Crippen LogP) is 0.0528. The van der Waals surface area contributed by atoms with Gasteiger partial charge in [0.2, 0.25) is 0 Å². The lowest BCUT2D eigenvalue weighted by Crippen LogP contribution is -2.27. The molecule has 2 aromatic heterocycles. The number of anilines is 2. The maximum atomic E-state index is 12.2. The summed E-state index contributed by atoms with van der Waals surface area (Å²) in [5, 5.41) is 11.6. The van der Waals surface area contributed by atoms with Crippen LogP contribution in [0, 0.1) is 0 Å². The number of hydrazine groups is 1. The lowest BCUT2D eigenvalue weighted by atomic mass is 10.3. The molecule has 0 spiro atoms. The molecule has 0 aromatic carbocycles. The SMILES string of the molecule is NNc1cn2ccnc2c(NCC(O)C(F)F)n1. The minimum atomic E-state index is -2.82. The molecular weight excluding hydrogens is 246 g/mol. The van der Waals surface area contributed by atoms with E-state index >= 15 is 0 Å². The summed E-state index contributed by atoms with van der Waals surface area (Å²) in [4.78, 5) is 8.05. The van der Waals surface area contributed by atoms with E-state index in [0.29, 0.717) is 11.5 Å². The van der Waals surface area contributed by atoms with Gasteiger partial charge in [-0.2, -0.15) is 0 Å². The quantitative estimate of drug-likeness (QED) is 0.447. The van der Waals surface area contributed by atoms with Crippen LogP contribution in [-0.2, 0) is 0 Å². The largest absolute Gasteiger partial charge is 0.385 e. The van der Waals surface area contributed by atoms with Gasteiger partial charge in [0.1, 0.15) is 6.10 Å². The Morgan fingerprint density at radius 3 is 2.94 bits per heavy atom. The van der Waals surface area contributed by atoms with Crippen molar-refractivity contribution in [3.05, 3.63) is 18.6 Å². The van der Waals surface area contributed by atoms with Crippen LogP contribution in [0.3, 0.4) is 0 Å². The summed E-state index contributed by atoms with van der Waals surface area (Å²) in [7, 11) is 0. The Kier molecular flexibility index (Phi) is 3.53. The van der Waals surface area contributed by atoms with E-state index in [-0.39, 0.29) is 12.4 Å². The molecule has 0 saturated carbocycles. The van der Waals surface area contributed by atoms with Crippen LogP contribution in [0.2, 0.25) is 0 Å². The first-order chi connectivity index (χ1) is 8.61. The van der Waals surface area contributed by atoms with E-state index in [1.165, 1.54) is 6.20 Å². The number of nitrogens with two attached hydrogens (primary N) is 1. The van der Waals surface area contributed by atoms with Crippen molar-refractivity contribution in [2.24, 2.45) is 5.84 Å². The third-order valence-corrected chi connectivity index (χ3v) is 2.29. The number of hydrogen-bond acceptors (Lipinski definition) is 6. The summed E-state index contributed by atoms with van der Waals surface area (Å²) in [6, 6.07) is 0. The molecule has 0 aliphatic rings. The van der Waals surface area contributed by atoms with Gasteiger partial charge in [0.25, 0.3) is 6.43 Å². The number of nitrogens with zero attached hydrogens (tertiary/aromatic N) is 3. The van der Waals surface area contributed by atoms with Crippen molar-refractivity contribution in [3.8, 4) is 0 Å². The van der Waals surface area contributed by atoms with E-state index in [1.807, 2.05) is 0 Å². The molecule has 0 amide bonds. The molecule has 0 fully saturated rings. The zero-order valence-electron chi connectivity index (χ0n) is 9.22. The Balaban J connectivity index is 2.23. The lowest BCUT2D eigenvalue weighted by molar-refractivity contribution is 0.00382. The van der Waals surface area contributed by atoms with E-state index in [1.54, 1.807) is 16.8 Å². The molecule has 7 nitrogen and oxygen atoms in total. The number of aliphatic hydroxyl groups is 1. The highest BCUT2D eigenvalue weighted by molar-refractivity contribution is 5.65. The third kappa shape index (κ3) is 2.46. The maximum absolute atomic E-state index is 12.2. The maximum Gasteiger partial charge on any atom is 0.265 e. The van der Waals surface area contributed by atoms with Crippen LogP contribution in [0.4, 0.5) is 20.4 Å². The lowest BCUT2D eigenvalue weighted by Gasteiger charge is -2.12. The molecule has 0 radical (unpaired) electrons. The highest BCUT2D eigenvalue weighted by Crippen LogP contribution is 2.16. The molecule has 1 atom stereocenters. The summed E-state index contributed by atoms with van der Waals surface area (Å²) >= 11 is 0. The van der Waals surface area contributed by atoms with E-state index in [0.717, 1.165) is 0 Å². The number of rotatable bonds is 5. The molecule has 0 aliphatic heterocycles. The van der Waals surface area contributed by atoms with E-state index < -0.39 is 12.5 Å². The first kappa shape index (κ1) is 12.5. The van der Waals surface area contributed by atoms with Crippen LogP contribution < -0.4 is 16.6 Å². The molecule has 0 bridgehead atoms. The molecule has 2 aromatic rings. The van der Waals surface area contributed by atoms with E-state index in [4.69, 9.17) is 10.9 Å².